The molecule has 0 saturated heterocycles. The van der Waals surface area contributed by atoms with Crippen molar-refractivity contribution < 1.29 is 4.39 Å². The van der Waals surface area contributed by atoms with Gasteiger partial charge in [-0.1, -0.05) is 36.4 Å². The van der Waals surface area contributed by atoms with Gasteiger partial charge < -0.3 is 16.0 Å². The molecule has 0 saturated carbocycles. The first-order chi connectivity index (χ1) is 20.7. The number of hydrogen-bond acceptors (Lipinski definition) is 8. The average molecular weight is 574 g/mol. The van der Waals surface area contributed by atoms with Crippen LogP contribution in [0.2, 0.25) is 0 Å². The lowest BCUT2D eigenvalue weighted by Crippen LogP contribution is -2.27. The summed E-state index contributed by atoms with van der Waals surface area (Å²) in [6.07, 6.45) is 7.55. The number of fused-ring (bicyclic) bond motifs is 2. The molecule has 7 nitrogen and oxygen atoms in total. The number of anilines is 2. The Balaban J connectivity index is 1.19. The first-order valence-electron chi connectivity index (χ1n) is 13.8. The van der Waals surface area contributed by atoms with Crippen molar-refractivity contribution in [3.05, 3.63) is 124 Å². The number of rotatable bonds is 7. The number of nitrogens with one attached hydrogen (secondary N) is 3. The van der Waals surface area contributed by atoms with Gasteiger partial charge in [-0.3, -0.25) is 9.98 Å². The van der Waals surface area contributed by atoms with Gasteiger partial charge in [-0.25, -0.2) is 14.4 Å². The van der Waals surface area contributed by atoms with Crippen LogP contribution in [0.3, 0.4) is 0 Å². The molecule has 42 heavy (non-hydrogen) atoms. The number of aromatic nitrogens is 3. The average Bonchev–Trinajstić information content (AvgIpc) is 3.56. The number of benzene rings is 1. The lowest BCUT2D eigenvalue weighted by Gasteiger charge is -2.27. The molecule has 2 aliphatic rings. The minimum Gasteiger partial charge on any atom is -0.350 e. The van der Waals surface area contributed by atoms with Crippen LogP contribution in [0, 0.1) is 5.82 Å². The van der Waals surface area contributed by atoms with Gasteiger partial charge in [-0.05, 0) is 53.6 Å². The third-order valence-corrected chi connectivity index (χ3v) is 8.44. The number of allylic oxidation sites excluding steroid dienone is 2. The van der Waals surface area contributed by atoms with E-state index in [9.17, 15) is 0 Å². The maximum Gasteiger partial charge on any atom is 0.145 e. The molecule has 1 aromatic carbocycles. The number of nitrogens with zero attached hydrogens (tertiary/aromatic N) is 4. The zero-order chi connectivity index (χ0) is 28.5. The molecule has 6 heterocycles. The lowest BCUT2D eigenvalue weighted by atomic mass is 9.92. The maximum absolute atomic E-state index is 16.5. The van der Waals surface area contributed by atoms with E-state index in [1.54, 1.807) is 29.9 Å². The van der Waals surface area contributed by atoms with E-state index < -0.39 is 0 Å². The Bertz CT molecular complexity index is 1830. The van der Waals surface area contributed by atoms with E-state index in [1.807, 2.05) is 30.5 Å². The molecule has 0 radical (unpaired) electrons. The highest BCUT2D eigenvalue weighted by molar-refractivity contribution is 7.13. The van der Waals surface area contributed by atoms with Gasteiger partial charge >= 0.3 is 0 Å². The largest absolute Gasteiger partial charge is 0.350 e. The normalized spacial score (nSPS) is 14.0. The third kappa shape index (κ3) is 4.97. The summed E-state index contributed by atoms with van der Waals surface area (Å²) in [5.74, 6) is 0.868. The molecule has 0 atom stereocenters. The Labute approximate surface area is 247 Å². The van der Waals surface area contributed by atoms with Gasteiger partial charge in [0.15, 0.2) is 0 Å². The van der Waals surface area contributed by atoms with Crippen molar-refractivity contribution in [3.63, 3.8) is 0 Å². The molecular weight excluding hydrogens is 545 g/mol. The van der Waals surface area contributed by atoms with Crippen molar-refractivity contribution in [1.29, 1.82) is 0 Å². The molecule has 4 aromatic heterocycles. The molecule has 0 spiro atoms. The molecule has 0 aliphatic carbocycles. The van der Waals surface area contributed by atoms with Gasteiger partial charge in [0.2, 0.25) is 0 Å². The van der Waals surface area contributed by atoms with E-state index in [1.165, 1.54) is 10.4 Å². The topological polar surface area (TPSA) is 87.1 Å². The summed E-state index contributed by atoms with van der Waals surface area (Å²) < 4.78 is 16.5. The lowest BCUT2D eigenvalue weighted by molar-refractivity contribution is 0.626. The van der Waals surface area contributed by atoms with Crippen molar-refractivity contribution in [2.75, 3.05) is 17.3 Å². The van der Waals surface area contributed by atoms with Crippen molar-refractivity contribution in [2.45, 2.75) is 26.4 Å². The van der Waals surface area contributed by atoms with E-state index in [2.05, 4.69) is 73.5 Å². The van der Waals surface area contributed by atoms with Crippen LogP contribution in [0.5, 0.6) is 0 Å². The maximum atomic E-state index is 16.5. The highest BCUT2D eigenvalue weighted by Crippen LogP contribution is 2.38. The number of hydrogen-bond donors (Lipinski definition) is 3. The Morgan fingerprint density at radius 3 is 2.67 bits per heavy atom. The molecule has 0 amide bonds. The molecule has 208 valence electrons. The van der Waals surface area contributed by atoms with Crippen LogP contribution in [0.1, 0.15) is 29.2 Å². The number of pyridine rings is 3. The summed E-state index contributed by atoms with van der Waals surface area (Å²) in [6.45, 7) is 3.72. The van der Waals surface area contributed by atoms with Gasteiger partial charge in [-0.15, -0.1) is 11.3 Å². The van der Waals surface area contributed by atoms with E-state index in [4.69, 9.17) is 4.99 Å². The van der Waals surface area contributed by atoms with Crippen LogP contribution in [0.25, 0.3) is 21.6 Å². The van der Waals surface area contributed by atoms with Crippen LogP contribution in [0.4, 0.5) is 16.0 Å². The van der Waals surface area contributed by atoms with E-state index in [0.29, 0.717) is 47.9 Å². The highest BCUT2D eigenvalue weighted by atomic mass is 32.1. The minimum absolute atomic E-state index is 0.312. The summed E-state index contributed by atoms with van der Waals surface area (Å²) in [4.78, 5) is 19.6. The number of thiophene rings is 1. The van der Waals surface area contributed by atoms with Crippen LogP contribution in [-0.4, -0.2) is 27.3 Å². The van der Waals surface area contributed by atoms with Crippen molar-refractivity contribution >= 4 is 28.7 Å². The standard InChI is InChI=1S/C33H28FN7S/c1-20-12-25-24(27-8-5-11-42-27)9-10-37-32(25)41-30(20)31-28-29(34)26(18-38-33(28)40-19-39-31)23-13-22(16-36-17-23)15-35-14-21-6-3-2-4-7-21/h2-11,13,16-18,35H,12,14-15,19H2,1H3,(H,37,41)(H,38,40). The summed E-state index contributed by atoms with van der Waals surface area (Å²) in [7, 11) is 0. The first-order valence-corrected chi connectivity index (χ1v) is 14.7. The molecule has 0 unspecified atom stereocenters. The molecular formula is C33H28FN7S. The van der Waals surface area contributed by atoms with E-state index in [0.717, 1.165) is 40.3 Å². The Hall–Kier alpha value is -4.73. The Kier molecular flexibility index (Phi) is 7.03. The second-order valence-corrected chi connectivity index (χ2v) is 11.3. The number of halogens is 1. The quantitative estimate of drug-likeness (QED) is 0.198. The predicted octanol–water partition coefficient (Wildman–Crippen LogP) is 6.81. The minimum atomic E-state index is -0.379. The molecule has 3 N–H and O–H groups in total. The fourth-order valence-corrected chi connectivity index (χ4v) is 6.26. The van der Waals surface area contributed by atoms with Gasteiger partial charge in [0.25, 0.3) is 0 Å². The first kappa shape index (κ1) is 26.2. The van der Waals surface area contributed by atoms with Gasteiger partial charge in [0, 0.05) is 65.0 Å². The molecule has 5 aromatic rings. The number of aliphatic imine (C=N–C) groups is 1. The Morgan fingerprint density at radius 2 is 1.81 bits per heavy atom. The van der Waals surface area contributed by atoms with E-state index >= 15 is 4.39 Å². The molecule has 9 heteroatoms. The van der Waals surface area contributed by atoms with Gasteiger partial charge in [-0.2, -0.15) is 0 Å². The summed E-state index contributed by atoms with van der Waals surface area (Å²) in [5.41, 5.74) is 8.25. The van der Waals surface area contributed by atoms with Crippen LogP contribution >= 0.6 is 11.3 Å². The third-order valence-electron chi connectivity index (χ3n) is 7.53. The second-order valence-electron chi connectivity index (χ2n) is 10.3. The van der Waals surface area contributed by atoms with Crippen molar-refractivity contribution in [2.24, 2.45) is 4.99 Å². The zero-order valence-corrected chi connectivity index (χ0v) is 23.8. The van der Waals surface area contributed by atoms with Crippen molar-refractivity contribution in [1.82, 2.24) is 20.3 Å². The van der Waals surface area contributed by atoms with Gasteiger partial charge in [0.05, 0.1) is 17.0 Å². The second kappa shape index (κ2) is 11.3. The molecule has 0 fully saturated rings. The van der Waals surface area contributed by atoms with Crippen LogP contribution < -0.4 is 16.0 Å². The fraction of sp³-hybridized carbons (Fsp3) is 0.152. The Morgan fingerprint density at radius 1 is 0.929 bits per heavy atom. The SMILES string of the molecule is CC1=C(C2=NCNc3ncc(-c4cncc(CNCc5ccccc5)c4)c(F)c32)Nc2nccc(-c3cccs3)c2C1. The van der Waals surface area contributed by atoms with E-state index in [-0.39, 0.29) is 5.82 Å². The fourth-order valence-electron chi connectivity index (χ4n) is 5.48. The van der Waals surface area contributed by atoms with Crippen LogP contribution in [0.15, 0.2) is 101 Å². The summed E-state index contributed by atoms with van der Waals surface area (Å²) in [6, 6.07) is 18.4. The molecule has 2 aliphatic heterocycles. The summed E-state index contributed by atoms with van der Waals surface area (Å²) >= 11 is 1.70. The van der Waals surface area contributed by atoms with Crippen molar-refractivity contribution in [3.8, 4) is 21.6 Å². The van der Waals surface area contributed by atoms with Gasteiger partial charge in [0.1, 0.15) is 24.1 Å². The molecule has 7 rings (SSSR count). The monoisotopic (exact) mass is 573 g/mol. The zero-order valence-electron chi connectivity index (χ0n) is 23.0. The predicted molar refractivity (Wildman–Crippen MR) is 167 cm³/mol. The summed E-state index contributed by atoms with van der Waals surface area (Å²) in [5, 5.41) is 12.1. The highest BCUT2D eigenvalue weighted by Gasteiger charge is 2.30. The van der Waals surface area contributed by atoms with Crippen LogP contribution in [-0.2, 0) is 19.5 Å². The molecule has 0 bridgehead atoms. The smallest absolute Gasteiger partial charge is 0.145 e.